The van der Waals surface area contributed by atoms with E-state index in [1.807, 2.05) is 38.1 Å². The highest BCUT2D eigenvalue weighted by atomic mass is 32.2. The van der Waals surface area contributed by atoms with Gasteiger partial charge in [-0.15, -0.1) is 0 Å². The SMILES string of the molecule is CCCc1nc(CS(=O)C(C)C(=O)NCc2ccc(C)cc2)no1. The zero-order valence-corrected chi connectivity index (χ0v) is 15.1. The third-order valence-corrected chi connectivity index (χ3v) is 5.14. The molecule has 0 saturated heterocycles. The lowest BCUT2D eigenvalue weighted by Gasteiger charge is -2.11. The lowest BCUT2D eigenvalue weighted by atomic mass is 10.1. The number of carbonyl (C=O) groups is 1. The quantitative estimate of drug-likeness (QED) is 0.790. The van der Waals surface area contributed by atoms with Crippen LogP contribution in [-0.2, 0) is 34.3 Å². The highest BCUT2D eigenvalue weighted by Gasteiger charge is 2.21. The topological polar surface area (TPSA) is 85.1 Å². The lowest BCUT2D eigenvalue weighted by molar-refractivity contribution is -0.120. The molecule has 1 heterocycles. The summed E-state index contributed by atoms with van der Waals surface area (Å²) in [4.78, 5) is 16.3. The molecular formula is C17H23N3O3S. The maximum absolute atomic E-state index is 12.3. The summed E-state index contributed by atoms with van der Waals surface area (Å²) in [7, 11) is -1.40. The number of rotatable bonds is 8. The number of aromatic nitrogens is 2. The molecule has 2 atom stereocenters. The minimum Gasteiger partial charge on any atom is -0.351 e. The normalized spacial score (nSPS) is 13.5. The first-order valence-corrected chi connectivity index (χ1v) is 9.39. The van der Waals surface area contributed by atoms with Crippen molar-refractivity contribution in [2.45, 2.75) is 51.2 Å². The van der Waals surface area contributed by atoms with Crippen molar-refractivity contribution in [1.29, 1.82) is 0 Å². The Bertz CT molecular complexity index is 697. The number of aryl methyl sites for hydroxylation is 2. The average molecular weight is 349 g/mol. The first-order chi connectivity index (χ1) is 11.5. The third kappa shape index (κ3) is 5.26. The van der Waals surface area contributed by atoms with Crippen LogP contribution in [0.5, 0.6) is 0 Å². The summed E-state index contributed by atoms with van der Waals surface area (Å²) in [5.41, 5.74) is 2.18. The Labute approximate surface area is 144 Å². The average Bonchev–Trinajstić information content (AvgIpc) is 3.00. The Balaban J connectivity index is 1.84. The highest BCUT2D eigenvalue weighted by molar-refractivity contribution is 7.85. The van der Waals surface area contributed by atoms with E-state index in [0.717, 1.165) is 12.0 Å². The van der Waals surface area contributed by atoms with Gasteiger partial charge in [-0.25, -0.2) is 0 Å². The molecule has 0 aliphatic heterocycles. The number of nitrogens with zero attached hydrogens (tertiary/aromatic N) is 2. The smallest absolute Gasteiger partial charge is 0.235 e. The summed E-state index contributed by atoms with van der Waals surface area (Å²) < 4.78 is 17.4. The fourth-order valence-corrected chi connectivity index (χ4v) is 3.02. The van der Waals surface area contributed by atoms with Gasteiger partial charge in [0.1, 0.15) is 5.25 Å². The summed E-state index contributed by atoms with van der Waals surface area (Å²) >= 11 is 0. The molecule has 0 aliphatic carbocycles. The van der Waals surface area contributed by atoms with Crippen molar-refractivity contribution in [3.05, 3.63) is 47.1 Å². The molecule has 0 spiro atoms. The van der Waals surface area contributed by atoms with E-state index in [4.69, 9.17) is 4.52 Å². The van der Waals surface area contributed by atoms with Gasteiger partial charge in [0, 0.05) is 23.8 Å². The molecule has 0 fully saturated rings. The maximum atomic E-state index is 12.3. The van der Waals surface area contributed by atoms with Gasteiger partial charge < -0.3 is 9.84 Å². The largest absolute Gasteiger partial charge is 0.351 e. The van der Waals surface area contributed by atoms with Gasteiger partial charge in [0.05, 0.1) is 5.75 Å². The molecule has 0 aliphatic rings. The Morgan fingerprint density at radius 3 is 2.71 bits per heavy atom. The molecule has 7 heteroatoms. The molecule has 1 N–H and O–H groups in total. The number of carbonyl (C=O) groups excluding carboxylic acids is 1. The standard InChI is InChI=1S/C17H23N3O3S/c1-4-5-16-19-15(20-23-16)11-24(22)13(3)17(21)18-10-14-8-6-12(2)7-9-14/h6-9,13H,4-5,10-11H2,1-3H3,(H,18,21). The molecule has 24 heavy (non-hydrogen) atoms. The summed E-state index contributed by atoms with van der Waals surface area (Å²) in [6.07, 6.45) is 1.61. The van der Waals surface area contributed by atoms with E-state index in [1.54, 1.807) is 6.92 Å². The van der Waals surface area contributed by atoms with Crippen LogP contribution >= 0.6 is 0 Å². The van der Waals surface area contributed by atoms with Crippen molar-refractivity contribution in [2.75, 3.05) is 0 Å². The van der Waals surface area contributed by atoms with E-state index in [-0.39, 0.29) is 11.7 Å². The molecule has 1 aromatic heterocycles. The molecular weight excluding hydrogens is 326 g/mol. The zero-order chi connectivity index (χ0) is 17.5. The molecule has 130 valence electrons. The fourth-order valence-electron chi connectivity index (χ4n) is 2.07. The predicted molar refractivity (Wildman–Crippen MR) is 92.6 cm³/mol. The van der Waals surface area contributed by atoms with Gasteiger partial charge in [0.25, 0.3) is 0 Å². The molecule has 1 amide bonds. The van der Waals surface area contributed by atoms with Crippen molar-refractivity contribution in [3.8, 4) is 0 Å². The van der Waals surface area contributed by atoms with Gasteiger partial charge in [-0.2, -0.15) is 4.98 Å². The number of nitrogens with one attached hydrogen (secondary N) is 1. The molecule has 2 aromatic rings. The summed E-state index contributed by atoms with van der Waals surface area (Å²) in [5, 5.41) is 5.99. The van der Waals surface area contributed by atoms with Crippen LogP contribution in [0.1, 0.15) is 43.1 Å². The second kappa shape index (κ2) is 8.73. The van der Waals surface area contributed by atoms with E-state index in [1.165, 1.54) is 5.56 Å². The molecule has 0 saturated carbocycles. The van der Waals surface area contributed by atoms with Crippen molar-refractivity contribution in [3.63, 3.8) is 0 Å². The zero-order valence-electron chi connectivity index (χ0n) is 14.2. The Hall–Kier alpha value is -2.02. The second-order valence-electron chi connectivity index (χ2n) is 5.73. The number of amides is 1. The Morgan fingerprint density at radius 1 is 1.33 bits per heavy atom. The monoisotopic (exact) mass is 349 g/mol. The number of hydrogen-bond acceptors (Lipinski definition) is 5. The van der Waals surface area contributed by atoms with Crippen LogP contribution in [0.4, 0.5) is 0 Å². The summed E-state index contributed by atoms with van der Waals surface area (Å²) in [6, 6.07) is 7.91. The van der Waals surface area contributed by atoms with Crippen molar-refractivity contribution < 1.29 is 13.5 Å². The van der Waals surface area contributed by atoms with Crippen molar-refractivity contribution in [1.82, 2.24) is 15.5 Å². The van der Waals surface area contributed by atoms with Crippen LogP contribution in [0.25, 0.3) is 0 Å². The van der Waals surface area contributed by atoms with E-state index in [2.05, 4.69) is 15.5 Å². The fraction of sp³-hybridized carbons (Fsp3) is 0.471. The van der Waals surface area contributed by atoms with E-state index in [0.29, 0.717) is 24.7 Å². The van der Waals surface area contributed by atoms with Gasteiger partial charge in [-0.3, -0.25) is 9.00 Å². The predicted octanol–water partition coefficient (Wildman–Crippen LogP) is 2.28. The Kier molecular flexibility index (Phi) is 6.66. The highest BCUT2D eigenvalue weighted by Crippen LogP contribution is 2.08. The summed E-state index contributed by atoms with van der Waals surface area (Å²) in [6.45, 7) is 6.09. The number of benzene rings is 1. The molecule has 2 unspecified atom stereocenters. The van der Waals surface area contributed by atoms with Crippen LogP contribution in [-0.4, -0.2) is 25.5 Å². The van der Waals surface area contributed by atoms with E-state index in [9.17, 15) is 9.00 Å². The minimum atomic E-state index is -1.40. The van der Waals surface area contributed by atoms with Crippen LogP contribution in [0.2, 0.25) is 0 Å². The van der Waals surface area contributed by atoms with Crippen molar-refractivity contribution in [2.24, 2.45) is 0 Å². The van der Waals surface area contributed by atoms with E-state index < -0.39 is 16.0 Å². The van der Waals surface area contributed by atoms with Crippen LogP contribution in [0, 0.1) is 6.92 Å². The van der Waals surface area contributed by atoms with Gasteiger partial charge in [0.15, 0.2) is 5.82 Å². The van der Waals surface area contributed by atoms with Crippen LogP contribution in [0.3, 0.4) is 0 Å². The third-order valence-electron chi connectivity index (χ3n) is 3.60. The van der Waals surface area contributed by atoms with Gasteiger partial charge in [-0.05, 0) is 25.8 Å². The molecule has 0 bridgehead atoms. The van der Waals surface area contributed by atoms with Crippen molar-refractivity contribution >= 4 is 16.7 Å². The molecule has 0 radical (unpaired) electrons. The van der Waals surface area contributed by atoms with Gasteiger partial charge in [0.2, 0.25) is 11.8 Å². The minimum absolute atomic E-state index is 0.117. The van der Waals surface area contributed by atoms with Gasteiger partial charge in [-0.1, -0.05) is 41.9 Å². The molecule has 6 nitrogen and oxygen atoms in total. The molecule has 2 rings (SSSR count). The van der Waals surface area contributed by atoms with E-state index >= 15 is 0 Å². The maximum Gasteiger partial charge on any atom is 0.235 e. The first kappa shape index (κ1) is 18.3. The van der Waals surface area contributed by atoms with Crippen LogP contribution in [0.15, 0.2) is 28.8 Å². The first-order valence-electron chi connectivity index (χ1n) is 8.01. The molecule has 1 aromatic carbocycles. The Morgan fingerprint density at radius 2 is 2.04 bits per heavy atom. The lowest BCUT2D eigenvalue weighted by Crippen LogP contribution is -2.35. The second-order valence-corrected chi connectivity index (χ2v) is 7.48. The number of hydrogen-bond donors (Lipinski definition) is 1. The van der Waals surface area contributed by atoms with Gasteiger partial charge >= 0.3 is 0 Å². The summed E-state index contributed by atoms with van der Waals surface area (Å²) in [5.74, 6) is 0.800. The van der Waals surface area contributed by atoms with Crippen LogP contribution < -0.4 is 5.32 Å².